The van der Waals surface area contributed by atoms with E-state index < -0.39 is 0 Å². The van der Waals surface area contributed by atoms with Gasteiger partial charge in [0.05, 0.1) is 0 Å². The fourth-order valence-corrected chi connectivity index (χ4v) is 2.02. The molecule has 0 atom stereocenters. The Morgan fingerprint density at radius 3 is 2.45 bits per heavy atom. The van der Waals surface area contributed by atoms with Gasteiger partial charge in [-0.1, -0.05) is 32.6 Å². The van der Waals surface area contributed by atoms with Crippen LogP contribution in [0.25, 0.3) is 0 Å². The molecule has 0 aliphatic rings. The topological polar surface area (TPSA) is 61.4 Å². The average molecular weight is 294 g/mol. The van der Waals surface area contributed by atoms with Crippen LogP contribution in [0, 0.1) is 0 Å². The number of phenols is 1. The van der Waals surface area contributed by atoms with Crippen LogP contribution in [0.15, 0.2) is 24.3 Å². The Labute approximate surface area is 125 Å². The van der Waals surface area contributed by atoms with E-state index in [0.29, 0.717) is 6.42 Å². The van der Waals surface area contributed by atoms with Crippen molar-refractivity contribution in [2.24, 2.45) is 0 Å². The highest BCUT2D eigenvalue weighted by atomic mass is 32.1. The van der Waals surface area contributed by atoms with E-state index in [1.165, 1.54) is 19.3 Å². The number of nitrogens with one attached hydrogen (secondary N) is 2. The minimum Gasteiger partial charge on any atom is -0.508 e. The summed E-state index contributed by atoms with van der Waals surface area (Å²) in [5.74, 6) is 0.135. The van der Waals surface area contributed by atoms with Crippen molar-refractivity contribution in [3.05, 3.63) is 24.3 Å². The Balaban J connectivity index is 2.21. The predicted octanol–water partition coefficient (Wildman–Crippen LogP) is 3.57. The molecule has 0 aliphatic heterocycles. The van der Waals surface area contributed by atoms with Gasteiger partial charge in [-0.05, 0) is 42.9 Å². The molecular weight excluding hydrogens is 272 g/mol. The number of thiocarbonyl (C=S) groups is 1. The summed E-state index contributed by atoms with van der Waals surface area (Å²) in [6, 6.07) is 6.50. The highest BCUT2D eigenvalue weighted by Crippen LogP contribution is 2.13. The van der Waals surface area contributed by atoms with Gasteiger partial charge in [-0.2, -0.15) is 0 Å². The van der Waals surface area contributed by atoms with Crippen LogP contribution < -0.4 is 10.6 Å². The number of anilines is 1. The van der Waals surface area contributed by atoms with Gasteiger partial charge in [0.15, 0.2) is 5.11 Å². The Morgan fingerprint density at radius 2 is 1.80 bits per heavy atom. The molecule has 0 unspecified atom stereocenters. The number of hydrogen-bond donors (Lipinski definition) is 3. The van der Waals surface area contributed by atoms with E-state index in [4.69, 9.17) is 17.3 Å². The smallest absolute Gasteiger partial charge is 0.226 e. The van der Waals surface area contributed by atoms with E-state index in [0.717, 1.165) is 18.5 Å². The normalized spacial score (nSPS) is 10.1. The number of benzene rings is 1. The molecule has 0 aliphatic carbocycles. The minimum absolute atomic E-state index is 0.0576. The molecule has 3 N–H and O–H groups in total. The van der Waals surface area contributed by atoms with Crippen LogP contribution in [0.1, 0.15) is 45.4 Å². The van der Waals surface area contributed by atoms with Crippen LogP contribution in [0.4, 0.5) is 5.69 Å². The van der Waals surface area contributed by atoms with Crippen molar-refractivity contribution in [1.82, 2.24) is 5.32 Å². The third-order valence-electron chi connectivity index (χ3n) is 2.89. The van der Waals surface area contributed by atoms with Crippen molar-refractivity contribution in [3.63, 3.8) is 0 Å². The zero-order chi connectivity index (χ0) is 14.8. The molecule has 5 heteroatoms. The standard InChI is InChI=1S/C15H22N2O2S/c1-2-3-4-5-6-7-14(19)17-15(20)16-12-8-10-13(18)11-9-12/h8-11,18H,2-7H2,1H3,(H2,16,17,19,20). The summed E-state index contributed by atoms with van der Waals surface area (Å²) in [4.78, 5) is 11.7. The number of rotatable bonds is 7. The fraction of sp³-hybridized carbons (Fsp3) is 0.467. The van der Waals surface area contributed by atoms with Gasteiger partial charge in [0.2, 0.25) is 5.91 Å². The van der Waals surface area contributed by atoms with Crippen LogP contribution in [0.5, 0.6) is 5.75 Å². The monoisotopic (exact) mass is 294 g/mol. The third-order valence-corrected chi connectivity index (χ3v) is 3.09. The molecule has 1 rings (SSSR count). The number of carbonyl (C=O) groups excluding carboxylic acids is 1. The van der Waals surface area contributed by atoms with Crippen molar-refractivity contribution < 1.29 is 9.90 Å². The van der Waals surface area contributed by atoms with Gasteiger partial charge in [0, 0.05) is 12.1 Å². The summed E-state index contributed by atoms with van der Waals surface area (Å²) in [6.07, 6.45) is 6.09. The molecule has 4 nitrogen and oxygen atoms in total. The lowest BCUT2D eigenvalue weighted by Gasteiger charge is -2.09. The minimum atomic E-state index is -0.0576. The average Bonchev–Trinajstić information content (AvgIpc) is 2.41. The second-order valence-electron chi connectivity index (χ2n) is 4.71. The Morgan fingerprint density at radius 1 is 1.15 bits per heavy atom. The highest BCUT2D eigenvalue weighted by molar-refractivity contribution is 7.80. The van der Waals surface area contributed by atoms with Crippen molar-refractivity contribution >= 4 is 28.9 Å². The first kappa shape index (κ1) is 16.4. The number of hydrogen-bond acceptors (Lipinski definition) is 3. The molecule has 1 amide bonds. The van der Waals surface area contributed by atoms with Crippen LogP contribution in [0.2, 0.25) is 0 Å². The van der Waals surface area contributed by atoms with Crippen molar-refractivity contribution in [2.45, 2.75) is 45.4 Å². The van der Waals surface area contributed by atoms with Crippen molar-refractivity contribution in [1.29, 1.82) is 0 Å². The molecule has 1 aromatic carbocycles. The first-order valence-electron chi connectivity index (χ1n) is 7.01. The maximum atomic E-state index is 11.7. The van der Waals surface area contributed by atoms with Gasteiger partial charge < -0.3 is 15.7 Å². The van der Waals surface area contributed by atoms with Crippen LogP contribution in [-0.2, 0) is 4.79 Å². The van der Waals surface area contributed by atoms with E-state index in [2.05, 4.69) is 17.6 Å². The molecule has 0 fully saturated rings. The van der Waals surface area contributed by atoms with E-state index in [-0.39, 0.29) is 16.8 Å². The number of aromatic hydroxyl groups is 1. The molecule has 1 aromatic rings. The summed E-state index contributed by atoms with van der Waals surface area (Å²) in [6.45, 7) is 2.17. The summed E-state index contributed by atoms with van der Waals surface area (Å²) in [5.41, 5.74) is 0.732. The van der Waals surface area contributed by atoms with E-state index in [1.54, 1.807) is 24.3 Å². The fourth-order valence-electron chi connectivity index (χ4n) is 1.79. The molecule has 0 radical (unpaired) electrons. The van der Waals surface area contributed by atoms with Crippen LogP contribution in [-0.4, -0.2) is 16.1 Å². The molecule has 0 saturated heterocycles. The molecule has 0 bridgehead atoms. The third kappa shape index (κ3) is 7.09. The van der Waals surface area contributed by atoms with E-state index in [1.807, 2.05) is 0 Å². The largest absolute Gasteiger partial charge is 0.508 e. The van der Waals surface area contributed by atoms with Gasteiger partial charge >= 0.3 is 0 Å². The van der Waals surface area contributed by atoms with Gasteiger partial charge in [0.1, 0.15) is 5.75 Å². The second kappa shape index (κ2) is 9.31. The van der Waals surface area contributed by atoms with Gasteiger partial charge in [0.25, 0.3) is 0 Å². The molecule has 0 heterocycles. The highest BCUT2D eigenvalue weighted by Gasteiger charge is 2.04. The summed E-state index contributed by atoms with van der Waals surface area (Å²) in [5, 5.41) is 15.0. The molecule has 20 heavy (non-hydrogen) atoms. The summed E-state index contributed by atoms with van der Waals surface area (Å²) in [7, 11) is 0. The quantitative estimate of drug-likeness (QED) is 0.409. The Kier molecular flexibility index (Phi) is 7.65. The number of phenolic OH excluding ortho intramolecular Hbond substituents is 1. The Bertz CT molecular complexity index is 432. The molecule has 110 valence electrons. The maximum absolute atomic E-state index is 11.7. The lowest BCUT2D eigenvalue weighted by atomic mass is 10.1. The zero-order valence-corrected chi connectivity index (χ0v) is 12.6. The molecule has 0 aromatic heterocycles. The maximum Gasteiger partial charge on any atom is 0.226 e. The summed E-state index contributed by atoms with van der Waals surface area (Å²) >= 11 is 5.06. The predicted molar refractivity (Wildman–Crippen MR) is 85.8 cm³/mol. The lowest BCUT2D eigenvalue weighted by Crippen LogP contribution is -2.33. The molecule has 0 saturated carbocycles. The van der Waals surface area contributed by atoms with Gasteiger partial charge in [-0.3, -0.25) is 4.79 Å². The SMILES string of the molecule is CCCCCCCC(=O)NC(=S)Nc1ccc(O)cc1. The first-order valence-corrected chi connectivity index (χ1v) is 7.42. The molecular formula is C15H22N2O2S. The van der Waals surface area contributed by atoms with Gasteiger partial charge in [-0.15, -0.1) is 0 Å². The first-order chi connectivity index (χ1) is 9.61. The lowest BCUT2D eigenvalue weighted by molar-refractivity contribution is -0.119. The Hall–Kier alpha value is -1.62. The van der Waals surface area contributed by atoms with Gasteiger partial charge in [-0.25, -0.2) is 0 Å². The van der Waals surface area contributed by atoms with Crippen molar-refractivity contribution in [3.8, 4) is 5.75 Å². The number of carbonyl (C=O) groups is 1. The zero-order valence-electron chi connectivity index (χ0n) is 11.8. The van der Waals surface area contributed by atoms with Crippen LogP contribution in [0.3, 0.4) is 0 Å². The van der Waals surface area contributed by atoms with E-state index >= 15 is 0 Å². The van der Waals surface area contributed by atoms with E-state index in [9.17, 15) is 4.79 Å². The molecule has 0 spiro atoms. The van der Waals surface area contributed by atoms with Crippen molar-refractivity contribution in [2.75, 3.05) is 5.32 Å². The van der Waals surface area contributed by atoms with Crippen LogP contribution >= 0.6 is 12.2 Å². The summed E-state index contributed by atoms with van der Waals surface area (Å²) < 4.78 is 0. The number of amides is 1. The number of unbranched alkanes of at least 4 members (excludes halogenated alkanes) is 4. The second-order valence-corrected chi connectivity index (χ2v) is 5.12.